The average molecular weight is 250 g/mol. The molecule has 0 aliphatic heterocycles. The normalized spacial score (nSPS) is 13.4. The maximum atomic E-state index is 8.75. The van der Waals surface area contributed by atoms with Crippen LogP contribution in [0.4, 0.5) is 0 Å². The molecule has 0 saturated heterocycles. The molecule has 3 heteroatoms. The lowest BCUT2D eigenvalue weighted by Gasteiger charge is -2.18. The number of ether oxygens (including phenoxy) is 1. The summed E-state index contributed by atoms with van der Waals surface area (Å²) >= 11 is 0. The van der Waals surface area contributed by atoms with Crippen LogP contribution in [0.1, 0.15) is 29.5 Å². The summed E-state index contributed by atoms with van der Waals surface area (Å²) in [6.45, 7) is 0. The summed E-state index contributed by atoms with van der Waals surface area (Å²) in [7, 11) is 0. The molecule has 1 heterocycles. The molecule has 0 N–H and O–H groups in total. The Morgan fingerprint density at radius 2 is 2.00 bits per heavy atom. The Morgan fingerprint density at radius 3 is 2.79 bits per heavy atom. The van der Waals surface area contributed by atoms with Crippen molar-refractivity contribution in [3.05, 3.63) is 53.2 Å². The molecule has 1 aliphatic carbocycles. The molecule has 19 heavy (non-hydrogen) atoms. The highest BCUT2D eigenvalue weighted by Gasteiger charge is 2.14. The van der Waals surface area contributed by atoms with Crippen molar-refractivity contribution in [2.75, 3.05) is 0 Å². The van der Waals surface area contributed by atoms with E-state index in [9.17, 15) is 0 Å². The van der Waals surface area contributed by atoms with E-state index in [-0.39, 0.29) is 0 Å². The van der Waals surface area contributed by atoms with Gasteiger partial charge in [0.2, 0.25) is 5.88 Å². The second-order valence-corrected chi connectivity index (χ2v) is 4.70. The van der Waals surface area contributed by atoms with Gasteiger partial charge in [-0.05, 0) is 48.9 Å². The van der Waals surface area contributed by atoms with Crippen LogP contribution in [0.5, 0.6) is 11.6 Å². The van der Waals surface area contributed by atoms with E-state index in [2.05, 4.69) is 11.1 Å². The molecule has 0 saturated carbocycles. The van der Waals surface area contributed by atoms with Crippen molar-refractivity contribution >= 4 is 0 Å². The van der Waals surface area contributed by atoms with Crippen LogP contribution in [0.2, 0.25) is 0 Å². The monoisotopic (exact) mass is 250 g/mol. The molecule has 3 rings (SSSR count). The van der Waals surface area contributed by atoms with Gasteiger partial charge in [0.05, 0.1) is 5.56 Å². The summed E-state index contributed by atoms with van der Waals surface area (Å²) in [6.07, 6.45) is 6.21. The molecule has 0 amide bonds. The Labute approximate surface area is 112 Å². The van der Waals surface area contributed by atoms with Crippen LogP contribution in [0.25, 0.3) is 0 Å². The van der Waals surface area contributed by atoms with Gasteiger partial charge in [0.15, 0.2) is 0 Å². The number of rotatable bonds is 2. The first-order valence-corrected chi connectivity index (χ1v) is 6.51. The Balaban J connectivity index is 1.88. The number of benzene rings is 1. The van der Waals surface area contributed by atoms with Crippen LogP contribution < -0.4 is 4.74 Å². The van der Waals surface area contributed by atoms with Crippen molar-refractivity contribution in [3.8, 4) is 17.7 Å². The van der Waals surface area contributed by atoms with E-state index >= 15 is 0 Å². The molecule has 1 aliphatic rings. The van der Waals surface area contributed by atoms with Gasteiger partial charge in [0.25, 0.3) is 0 Å². The third-order valence-corrected chi connectivity index (χ3v) is 3.43. The van der Waals surface area contributed by atoms with Crippen LogP contribution in [-0.2, 0) is 12.8 Å². The minimum atomic E-state index is 0.540. The molecule has 0 atom stereocenters. The zero-order valence-corrected chi connectivity index (χ0v) is 10.6. The van der Waals surface area contributed by atoms with Gasteiger partial charge in [-0.3, -0.25) is 0 Å². The summed E-state index contributed by atoms with van der Waals surface area (Å²) in [5.74, 6) is 1.44. The molecule has 94 valence electrons. The first kappa shape index (κ1) is 11.7. The Bertz CT molecular complexity index is 626. The fourth-order valence-electron chi connectivity index (χ4n) is 2.46. The highest BCUT2D eigenvalue weighted by Crippen LogP contribution is 2.31. The number of nitrogens with zero attached hydrogens (tertiary/aromatic N) is 2. The smallest absolute Gasteiger partial charge is 0.219 e. The van der Waals surface area contributed by atoms with E-state index in [0.29, 0.717) is 11.4 Å². The summed E-state index contributed by atoms with van der Waals surface area (Å²) in [5.41, 5.74) is 3.24. The van der Waals surface area contributed by atoms with E-state index < -0.39 is 0 Å². The lowest BCUT2D eigenvalue weighted by Crippen LogP contribution is -2.04. The van der Waals surface area contributed by atoms with Crippen LogP contribution in [0.15, 0.2) is 36.5 Å². The van der Waals surface area contributed by atoms with E-state index in [1.807, 2.05) is 18.2 Å². The summed E-state index contributed by atoms with van der Waals surface area (Å²) in [6, 6.07) is 11.7. The van der Waals surface area contributed by atoms with Crippen molar-refractivity contribution in [1.82, 2.24) is 4.98 Å². The largest absolute Gasteiger partial charge is 0.439 e. The second-order valence-electron chi connectivity index (χ2n) is 4.70. The standard InChI is InChI=1S/C16H14N2O/c17-10-12-8-9-16(18-11-12)19-15-7-3-5-13-4-1-2-6-14(13)15/h3,5,7-9,11H,1-2,4,6H2. The third-order valence-electron chi connectivity index (χ3n) is 3.43. The zero-order chi connectivity index (χ0) is 13.1. The predicted octanol–water partition coefficient (Wildman–Crippen LogP) is 3.62. The number of hydrogen-bond acceptors (Lipinski definition) is 3. The number of pyridine rings is 1. The maximum Gasteiger partial charge on any atom is 0.219 e. The van der Waals surface area contributed by atoms with Crippen LogP contribution in [0.3, 0.4) is 0 Å². The van der Waals surface area contributed by atoms with Gasteiger partial charge in [-0.15, -0.1) is 0 Å². The first-order chi connectivity index (χ1) is 9.36. The number of hydrogen-bond donors (Lipinski definition) is 0. The van der Waals surface area contributed by atoms with E-state index in [0.717, 1.165) is 18.6 Å². The first-order valence-electron chi connectivity index (χ1n) is 6.51. The van der Waals surface area contributed by atoms with Gasteiger partial charge >= 0.3 is 0 Å². The number of aryl methyl sites for hydroxylation is 1. The number of aromatic nitrogens is 1. The molecule has 2 aromatic rings. The molecule has 1 aromatic carbocycles. The average Bonchev–Trinajstić information content (AvgIpc) is 2.48. The minimum absolute atomic E-state index is 0.540. The molecular weight excluding hydrogens is 236 g/mol. The van der Waals surface area contributed by atoms with Crippen LogP contribution in [-0.4, -0.2) is 4.98 Å². The summed E-state index contributed by atoms with van der Waals surface area (Å²) in [4.78, 5) is 4.15. The van der Waals surface area contributed by atoms with E-state index in [1.165, 1.54) is 30.2 Å². The molecule has 0 radical (unpaired) electrons. The molecule has 0 spiro atoms. The lowest BCUT2D eigenvalue weighted by atomic mass is 9.91. The fourth-order valence-corrected chi connectivity index (χ4v) is 2.46. The molecule has 1 aromatic heterocycles. The van der Waals surface area contributed by atoms with Gasteiger partial charge in [-0.1, -0.05) is 12.1 Å². The van der Waals surface area contributed by atoms with Crippen molar-refractivity contribution in [1.29, 1.82) is 5.26 Å². The number of nitriles is 1. The molecule has 0 fully saturated rings. The van der Waals surface area contributed by atoms with Gasteiger partial charge in [0.1, 0.15) is 11.8 Å². The summed E-state index contributed by atoms with van der Waals surface area (Å²) < 4.78 is 5.86. The minimum Gasteiger partial charge on any atom is -0.439 e. The topological polar surface area (TPSA) is 45.9 Å². The quantitative estimate of drug-likeness (QED) is 0.817. The van der Waals surface area contributed by atoms with Gasteiger partial charge in [0, 0.05) is 12.3 Å². The molecule has 0 bridgehead atoms. The highest BCUT2D eigenvalue weighted by atomic mass is 16.5. The van der Waals surface area contributed by atoms with Gasteiger partial charge < -0.3 is 4.74 Å². The maximum absolute atomic E-state index is 8.75. The van der Waals surface area contributed by atoms with Crippen LogP contribution in [0, 0.1) is 11.3 Å². The molecule has 0 unspecified atom stereocenters. The third kappa shape index (κ3) is 2.43. The van der Waals surface area contributed by atoms with Crippen molar-refractivity contribution in [2.24, 2.45) is 0 Å². The van der Waals surface area contributed by atoms with Crippen molar-refractivity contribution < 1.29 is 4.74 Å². The predicted molar refractivity (Wildman–Crippen MR) is 72.1 cm³/mol. The van der Waals surface area contributed by atoms with Gasteiger partial charge in [-0.25, -0.2) is 4.98 Å². The van der Waals surface area contributed by atoms with E-state index in [1.54, 1.807) is 12.1 Å². The molecular formula is C16H14N2O. The Hall–Kier alpha value is -2.34. The molecule has 3 nitrogen and oxygen atoms in total. The van der Waals surface area contributed by atoms with E-state index in [4.69, 9.17) is 10.00 Å². The number of fused-ring (bicyclic) bond motifs is 1. The second kappa shape index (κ2) is 5.11. The summed E-state index contributed by atoms with van der Waals surface area (Å²) in [5, 5.41) is 8.75. The Morgan fingerprint density at radius 1 is 1.11 bits per heavy atom. The Kier molecular flexibility index (Phi) is 3.16. The van der Waals surface area contributed by atoms with Crippen molar-refractivity contribution in [2.45, 2.75) is 25.7 Å². The fraction of sp³-hybridized carbons (Fsp3) is 0.250. The van der Waals surface area contributed by atoms with Crippen molar-refractivity contribution in [3.63, 3.8) is 0 Å². The van der Waals surface area contributed by atoms with Gasteiger partial charge in [-0.2, -0.15) is 5.26 Å². The van der Waals surface area contributed by atoms with Crippen LogP contribution >= 0.6 is 0 Å². The SMILES string of the molecule is N#Cc1ccc(Oc2cccc3c2CCCC3)nc1. The highest BCUT2D eigenvalue weighted by molar-refractivity contribution is 5.43. The lowest BCUT2D eigenvalue weighted by molar-refractivity contribution is 0.452. The zero-order valence-electron chi connectivity index (χ0n) is 10.6.